The summed E-state index contributed by atoms with van der Waals surface area (Å²) in [6, 6.07) is 7.58. The molecule has 0 bridgehead atoms. The van der Waals surface area contributed by atoms with Gasteiger partial charge >= 0.3 is 11.9 Å². The number of hydrogen-bond donors (Lipinski definition) is 0. The van der Waals surface area contributed by atoms with Crippen molar-refractivity contribution in [2.75, 3.05) is 0 Å². The van der Waals surface area contributed by atoms with Crippen molar-refractivity contribution in [3.05, 3.63) is 52.5 Å². The van der Waals surface area contributed by atoms with Crippen molar-refractivity contribution in [2.24, 2.45) is 34.5 Å². The highest BCUT2D eigenvalue weighted by molar-refractivity contribution is 9.10. The Morgan fingerprint density at radius 1 is 1.04 bits per heavy atom. The van der Waals surface area contributed by atoms with E-state index in [-0.39, 0.29) is 52.5 Å². The molecule has 1 heterocycles. The lowest BCUT2D eigenvalue weighted by Crippen LogP contribution is -2.58. The summed E-state index contributed by atoms with van der Waals surface area (Å²) in [5.41, 5.74) is 0.373. The molecule has 7 nitrogen and oxygen atoms in total. The summed E-state index contributed by atoms with van der Waals surface area (Å²) in [6.07, 6.45) is 8.19. The quantitative estimate of drug-likeness (QED) is 0.154. The third-order valence-corrected chi connectivity index (χ3v) is 12.9. The normalized spacial score (nSPS) is 30.8. The predicted molar refractivity (Wildman–Crippen MR) is 206 cm³/mol. The second-order valence-electron chi connectivity index (χ2n) is 17.1. The average molecular weight is 790 g/mol. The zero-order valence-electron chi connectivity index (χ0n) is 32.4. The van der Waals surface area contributed by atoms with Crippen LogP contribution in [-0.4, -0.2) is 60.0 Å². The molecule has 50 heavy (non-hydrogen) atoms. The molecule has 2 radical (unpaired) electrons. The van der Waals surface area contributed by atoms with Crippen LogP contribution >= 0.6 is 15.9 Å². The van der Waals surface area contributed by atoms with E-state index in [1.54, 1.807) is 0 Å². The highest BCUT2D eigenvalue weighted by Crippen LogP contribution is 2.53. The number of allylic oxidation sites excluding steroid dienone is 2. The van der Waals surface area contributed by atoms with Crippen molar-refractivity contribution in [2.45, 2.75) is 144 Å². The number of para-hydroxylation sites is 1. The highest BCUT2D eigenvalue weighted by atomic mass is 79.9. The summed E-state index contributed by atoms with van der Waals surface area (Å²) >= 11 is 3.56. The van der Waals surface area contributed by atoms with Crippen LogP contribution in [0.1, 0.15) is 87.5 Å². The van der Waals surface area contributed by atoms with Crippen LogP contribution in [0.5, 0.6) is 5.75 Å². The summed E-state index contributed by atoms with van der Waals surface area (Å²) < 4.78 is 33.3. The predicted octanol–water partition coefficient (Wildman–Crippen LogP) is 9.73. The molecule has 278 valence electrons. The van der Waals surface area contributed by atoms with Crippen molar-refractivity contribution in [1.29, 1.82) is 0 Å². The van der Waals surface area contributed by atoms with Gasteiger partial charge in [-0.1, -0.05) is 85.8 Å². The summed E-state index contributed by atoms with van der Waals surface area (Å²) in [7, 11) is -2.30. The number of rotatable bonds is 12. The van der Waals surface area contributed by atoms with Gasteiger partial charge in [0.15, 0.2) is 6.10 Å². The standard InChI is InChI=1S/C40H61BrO7Si2/c1-13-31(45-32-17-15-14-16-30(32)41)36(42)46-33-23-27(38(3,4)5)22-26-19-18-25(2)40(34(26)33,48-50(11)12)21-20-28-24-29(39(6,7)8)35(37(43)44-28)47-49(9)10/h14-19,22,25,27-29,31,33-35H,13,20-21,23-24H2,1-12H3/t25-,27+,28+,29-,31?,33-,34+,35?,40-/m0/s1. The van der Waals surface area contributed by atoms with Gasteiger partial charge in [0.2, 0.25) is 18.1 Å². The second-order valence-corrected chi connectivity index (χ2v) is 22.1. The van der Waals surface area contributed by atoms with Crippen molar-refractivity contribution in [3.63, 3.8) is 0 Å². The number of hydrogen-bond acceptors (Lipinski definition) is 7. The summed E-state index contributed by atoms with van der Waals surface area (Å²) in [5, 5.41) is 0. The molecular formula is C40H61BrO7Si2. The molecule has 9 atom stereocenters. The van der Waals surface area contributed by atoms with E-state index in [0.29, 0.717) is 31.4 Å². The second kappa shape index (κ2) is 16.5. The van der Waals surface area contributed by atoms with Crippen LogP contribution in [0, 0.1) is 34.5 Å². The van der Waals surface area contributed by atoms with E-state index in [9.17, 15) is 9.59 Å². The molecule has 0 amide bonds. The van der Waals surface area contributed by atoms with Crippen LogP contribution in [0.3, 0.4) is 0 Å². The molecule has 1 saturated heterocycles. The van der Waals surface area contributed by atoms with Gasteiger partial charge in [0.1, 0.15) is 24.1 Å². The smallest absolute Gasteiger partial charge is 0.347 e. The van der Waals surface area contributed by atoms with E-state index in [0.717, 1.165) is 16.5 Å². The van der Waals surface area contributed by atoms with E-state index in [1.165, 1.54) is 0 Å². The van der Waals surface area contributed by atoms with E-state index >= 15 is 0 Å². The molecule has 10 heteroatoms. The van der Waals surface area contributed by atoms with Crippen LogP contribution in [0.25, 0.3) is 0 Å². The third-order valence-electron chi connectivity index (χ3n) is 10.7. The van der Waals surface area contributed by atoms with E-state index < -0.39 is 42.0 Å². The van der Waals surface area contributed by atoms with Crippen molar-refractivity contribution < 1.29 is 32.7 Å². The number of fused-ring (bicyclic) bond motifs is 1. The van der Waals surface area contributed by atoms with Gasteiger partial charge in [-0.15, -0.1) is 0 Å². The maximum Gasteiger partial charge on any atom is 0.347 e. The van der Waals surface area contributed by atoms with Crippen LogP contribution in [0.15, 0.2) is 52.5 Å². The van der Waals surface area contributed by atoms with Gasteiger partial charge in [0.05, 0.1) is 10.1 Å². The number of ether oxygens (including phenoxy) is 3. The Labute approximate surface area is 313 Å². The SMILES string of the molecule is CCC(Oc1ccccc1Br)C(=O)O[C@H]1C[C@H](C(C)(C)C)C=C2C=C[C@H](C)[C@](CC[C@@H]3C[C@H](C(C)(C)C)C(O[Si](C)C)C(=O)O3)(O[Si](C)C)[C@H]21. The fraction of sp³-hybridized carbons (Fsp3) is 0.700. The minimum absolute atomic E-state index is 0.0297. The molecule has 0 N–H and O–H groups in total. The molecule has 0 spiro atoms. The van der Waals surface area contributed by atoms with E-state index in [4.69, 9.17) is 23.1 Å². The summed E-state index contributed by atoms with van der Waals surface area (Å²) in [4.78, 5) is 27.6. The van der Waals surface area contributed by atoms with Crippen LogP contribution in [-0.2, 0) is 27.9 Å². The molecule has 1 aliphatic heterocycles. The first kappa shape index (κ1) is 41.0. The molecule has 1 aromatic carbocycles. The van der Waals surface area contributed by atoms with Gasteiger partial charge in [-0.25, -0.2) is 9.59 Å². The Kier molecular flexibility index (Phi) is 13.6. The topological polar surface area (TPSA) is 80.3 Å². The number of carbonyl (C=O) groups is 2. The number of cyclic esters (lactones) is 1. The largest absolute Gasteiger partial charge is 0.478 e. The lowest BCUT2D eigenvalue weighted by Gasteiger charge is -2.54. The summed E-state index contributed by atoms with van der Waals surface area (Å²) in [5.74, 6) is 0.135. The van der Waals surface area contributed by atoms with E-state index in [2.05, 4.69) is 109 Å². The number of carbonyl (C=O) groups excluding carboxylic acids is 2. The van der Waals surface area contributed by atoms with Gasteiger partial charge in [-0.3, -0.25) is 0 Å². The molecule has 3 aliphatic rings. The average Bonchev–Trinajstić information content (AvgIpc) is 3.00. The lowest BCUT2D eigenvalue weighted by atomic mass is 9.59. The fourth-order valence-electron chi connectivity index (χ4n) is 7.98. The fourth-order valence-corrected chi connectivity index (χ4v) is 10.3. The Morgan fingerprint density at radius 3 is 2.30 bits per heavy atom. The van der Waals surface area contributed by atoms with Crippen LogP contribution in [0.4, 0.5) is 0 Å². The molecule has 1 fully saturated rings. The number of esters is 2. The minimum atomic E-state index is -1.21. The van der Waals surface area contributed by atoms with E-state index in [1.807, 2.05) is 31.2 Å². The Bertz CT molecular complexity index is 1400. The molecular weight excluding hydrogens is 729 g/mol. The van der Waals surface area contributed by atoms with Gasteiger partial charge in [-0.05, 0) is 109 Å². The minimum Gasteiger partial charge on any atom is -0.478 e. The monoisotopic (exact) mass is 788 g/mol. The first-order chi connectivity index (χ1) is 23.3. The first-order valence-electron chi connectivity index (χ1n) is 18.4. The Morgan fingerprint density at radius 2 is 1.72 bits per heavy atom. The Balaban J connectivity index is 1.69. The van der Waals surface area contributed by atoms with Gasteiger partial charge in [-0.2, -0.15) is 0 Å². The number of benzene rings is 1. The lowest BCUT2D eigenvalue weighted by molar-refractivity contribution is -0.180. The maximum absolute atomic E-state index is 14.1. The molecule has 2 unspecified atom stereocenters. The van der Waals surface area contributed by atoms with Crippen LogP contribution in [0.2, 0.25) is 26.2 Å². The van der Waals surface area contributed by atoms with Gasteiger partial charge in [0, 0.05) is 17.8 Å². The maximum atomic E-state index is 14.1. The first-order valence-corrected chi connectivity index (χ1v) is 24.1. The molecule has 2 aliphatic carbocycles. The third kappa shape index (κ3) is 9.62. The molecule has 1 aromatic rings. The van der Waals surface area contributed by atoms with Crippen LogP contribution < -0.4 is 4.74 Å². The molecule has 4 rings (SSSR count). The van der Waals surface area contributed by atoms with Crippen molar-refractivity contribution >= 4 is 45.9 Å². The zero-order valence-corrected chi connectivity index (χ0v) is 36.0. The van der Waals surface area contributed by atoms with Gasteiger partial charge < -0.3 is 23.1 Å². The number of halogens is 1. The van der Waals surface area contributed by atoms with Gasteiger partial charge in [0.25, 0.3) is 0 Å². The van der Waals surface area contributed by atoms with Crippen molar-refractivity contribution in [1.82, 2.24) is 0 Å². The zero-order chi connectivity index (χ0) is 37.2. The van der Waals surface area contributed by atoms with Crippen molar-refractivity contribution in [3.8, 4) is 5.75 Å². The Hall–Kier alpha value is -1.73. The highest BCUT2D eigenvalue weighted by Gasteiger charge is 2.55. The summed E-state index contributed by atoms with van der Waals surface area (Å²) in [6.45, 7) is 26.0. The molecule has 0 saturated carbocycles. The molecule has 0 aromatic heterocycles.